The van der Waals surface area contributed by atoms with Crippen LogP contribution in [0.4, 0.5) is 0 Å². The van der Waals surface area contributed by atoms with Crippen LogP contribution in [0.15, 0.2) is 34.2 Å². The van der Waals surface area contributed by atoms with Crippen molar-refractivity contribution in [3.63, 3.8) is 0 Å². The van der Waals surface area contributed by atoms with Gasteiger partial charge in [0, 0.05) is 24.2 Å². The molecular formula is C15H15N5O2. The predicted molar refractivity (Wildman–Crippen MR) is 80.8 cm³/mol. The second-order valence-electron chi connectivity index (χ2n) is 5.68. The molecule has 1 fully saturated rings. The number of nitrogens with one attached hydrogen (secondary N) is 2. The molecule has 1 aliphatic rings. The zero-order valence-electron chi connectivity index (χ0n) is 12.0. The van der Waals surface area contributed by atoms with Gasteiger partial charge in [-0.25, -0.2) is 14.3 Å². The topological polar surface area (TPSA) is 95.9 Å². The molecule has 0 spiro atoms. The smallest absolute Gasteiger partial charge is 0.313 e. The zero-order valence-corrected chi connectivity index (χ0v) is 12.0. The second kappa shape index (κ2) is 4.66. The van der Waals surface area contributed by atoms with E-state index in [4.69, 9.17) is 0 Å². The SMILES string of the molecule is CC[C@H]1C[C@@H]1c1cc(-c2c[nH]c(=O)[nH]c2=O)nn2ccnc12. The Morgan fingerprint density at radius 1 is 1.41 bits per heavy atom. The monoisotopic (exact) mass is 297 g/mol. The van der Waals surface area contributed by atoms with E-state index in [1.807, 2.05) is 6.07 Å². The summed E-state index contributed by atoms with van der Waals surface area (Å²) >= 11 is 0. The highest BCUT2D eigenvalue weighted by Gasteiger charge is 2.38. The average Bonchev–Trinajstić information content (AvgIpc) is 3.14. The van der Waals surface area contributed by atoms with Gasteiger partial charge in [-0.1, -0.05) is 13.3 Å². The Morgan fingerprint density at radius 3 is 3.00 bits per heavy atom. The maximum absolute atomic E-state index is 12.0. The average molecular weight is 297 g/mol. The number of H-pyrrole nitrogens is 2. The minimum Gasteiger partial charge on any atom is -0.313 e. The molecule has 7 nitrogen and oxygen atoms in total. The van der Waals surface area contributed by atoms with E-state index in [9.17, 15) is 9.59 Å². The van der Waals surface area contributed by atoms with Gasteiger partial charge in [0.2, 0.25) is 0 Å². The van der Waals surface area contributed by atoms with E-state index in [0.717, 1.165) is 24.1 Å². The molecule has 3 heterocycles. The third-order valence-corrected chi connectivity index (χ3v) is 4.33. The van der Waals surface area contributed by atoms with E-state index < -0.39 is 11.2 Å². The normalized spacial score (nSPS) is 20.4. The minimum absolute atomic E-state index is 0.352. The lowest BCUT2D eigenvalue weighted by Crippen LogP contribution is -2.23. The molecule has 0 amide bonds. The first-order chi connectivity index (χ1) is 10.7. The summed E-state index contributed by atoms with van der Waals surface area (Å²) in [7, 11) is 0. The number of fused-ring (bicyclic) bond motifs is 1. The molecule has 0 bridgehead atoms. The van der Waals surface area contributed by atoms with E-state index in [-0.39, 0.29) is 0 Å². The maximum Gasteiger partial charge on any atom is 0.325 e. The number of imidazole rings is 1. The molecule has 1 aliphatic carbocycles. The van der Waals surface area contributed by atoms with Gasteiger partial charge in [-0.3, -0.25) is 9.78 Å². The lowest BCUT2D eigenvalue weighted by atomic mass is 10.1. The first-order valence-corrected chi connectivity index (χ1v) is 7.34. The molecule has 2 atom stereocenters. The molecule has 3 aromatic heterocycles. The van der Waals surface area contributed by atoms with Crippen molar-refractivity contribution in [3.8, 4) is 11.3 Å². The van der Waals surface area contributed by atoms with E-state index in [2.05, 4.69) is 27.0 Å². The molecule has 7 heteroatoms. The number of nitrogens with zero attached hydrogens (tertiary/aromatic N) is 3. The number of hydrogen-bond acceptors (Lipinski definition) is 4. The van der Waals surface area contributed by atoms with Crippen LogP contribution in [0.5, 0.6) is 0 Å². The van der Waals surface area contributed by atoms with Crippen molar-refractivity contribution in [3.05, 3.63) is 51.1 Å². The molecule has 0 unspecified atom stereocenters. The summed E-state index contributed by atoms with van der Waals surface area (Å²) in [6, 6.07) is 1.92. The van der Waals surface area contributed by atoms with Crippen LogP contribution in [0.1, 0.15) is 31.2 Å². The summed E-state index contributed by atoms with van der Waals surface area (Å²) in [5.41, 5.74) is 1.89. The van der Waals surface area contributed by atoms with E-state index in [1.165, 1.54) is 6.20 Å². The summed E-state index contributed by atoms with van der Waals surface area (Å²) in [5, 5.41) is 4.43. The Hall–Kier alpha value is -2.70. The molecule has 22 heavy (non-hydrogen) atoms. The molecule has 0 aromatic carbocycles. The Kier molecular flexibility index (Phi) is 2.75. The standard InChI is InChI=1S/C15H15N5O2/c1-2-8-5-9(8)10-6-12(19-20-4-3-16-13(10)20)11-7-17-15(22)18-14(11)21/h3-4,6-9H,2,5H2,1H3,(H2,17,18,21,22)/t8-,9-/m0/s1. The Morgan fingerprint density at radius 2 is 2.27 bits per heavy atom. The molecule has 112 valence electrons. The van der Waals surface area contributed by atoms with E-state index >= 15 is 0 Å². The van der Waals surface area contributed by atoms with Gasteiger partial charge in [-0.05, 0) is 24.3 Å². The van der Waals surface area contributed by atoms with Crippen LogP contribution < -0.4 is 11.2 Å². The first-order valence-electron chi connectivity index (χ1n) is 7.34. The van der Waals surface area contributed by atoms with E-state index in [1.54, 1.807) is 16.9 Å². The molecule has 1 saturated carbocycles. The van der Waals surface area contributed by atoms with Gasteiger partial charge in [0.25, 0.3) is 5.56 Å². The van der Waals surface area contributed by atoms with Crippen molar-refractivity contribution in [2.24, 2.45) is 5.92 Å². The largest absolute Gasteiger partial charge is 0.325 e. The molecule has 0 aliphatic heterocycles. The molecular weight excluding hydrogens is 282 g/mol. The third-order valence-electron chi connectivity index (χ3n) is 4.33. The predicted octanol–water partition coefficient (Wildman–Crippen LogP) is 1.29. The third kappa shape index (κ3) is 1.97. The first kappa shape index (κ1) is 13.0. The van der Waals surface area contributed by atoms with Crippen LogP contribution in [0.2, 0.25) is 0 Å². The fourth-order valence-corrected chi connectivity index (χ4v) is 3.03. The van der Waals surface area contributed by atoms with Crippen LogP contribution in [-0.2, 0) is 0 Å². The lowest BCUT2D eigenvalue weighted by molar-refractivity contribution is 0.763. The Balaban J connectivity index is 1.92. The van der Waals surface area contributed by atoms with Gasteiger partial charge in [0.15, 0.2) is 5.65 Å². The lowest BCUT2D eigenvalue weighted by Gasteiger charge is -2.06. The minimum atomic E-state index is -0.522. The molecule has 2 N–H and O–H groups in total. The number of aromatic amines is 2. The summed E-state index contributed by atoms with van der Waals surface area (Å²) < 4.78 is 1.69. The van der Waals surface area contributed by atoms with Crippen LogP contribution >= 0.6 is 0 Å². The van der Waals surface area contributed by atoms with Gasteiger partial charge >= 0.3 is 5.69 Å². The van der Waals surface area contributed by atoms with Crippen LogP contribution in [0, 0.1) is 5.92 Å². The number of aromatic nitrogens is 5. The summed E-state index contributed by atoms with van der Waals surface area (Å²) in [5.74, 6) is 1.14. The number of hydrogen-bond donors (Lipinski definition) is 2. The van der Waals surface area contributed by atoms with E-state index in [0.29, 0.717) is 23.1 Å². The van der Waals surface area contributed by atoms with Gasteiger partial charge in [0.05, 0.1) is 11.3 Å². The summed E-state index contributed by atoms with van der Waals surface area (Å²) in [4.78, 5) is 32.3. The van der Waals surface area contributed by atoms with Crippen molar-refractivity contribution in [2.75, 3.05) is 0 Å². The fraction of sp³-hybridized carbons (Fsp3) is 0.333. The molecule has 0 saturated heterocycles. The maximum atomic E-state index is 12.0. The number of rotatable bonds is 3. The van der Waals surface area contributed by atoms with Crippen molar-refractivity contribution < 1.29 is 0 Å². The molecule has 3 aromatic rings. The van der Waals surface area contributed by atoms with Crippen molar-refractivity contribution in [2.45, 2.75) is 25.7 Å². The quantitative estimate of drug-likeness (QED) is 0.761. The van der Waals surface area contributed by atoms with Crippen LogP contribution in [0.3, 0.4) is 0 Å². The van der Waals surface area contributed by atoms with Gasteiger partial charge in [-0.15, -0.1) is 0 Å². The highest BCUT2D eigenvalue weighted by atomic mass is 16.2. The van der Waals surface area contributed by atoms with Crippen LogP contribution in [-0.4, -0.2) is 24.6 Å². The van der Waals surface area contributed by atoms with Gasteiger partial charge in [0.1, 0.15) is 0 Å². The van der Waals surface area contributed by atoms with Crippen molar-refractivity contribution >= 4 is 5.65 Å². The summed E-state index contributed by atoms with van der Waals surface area (Å²) in [6.45, 7) is 2.18. The van der Waals surface area contributed by atoms with Crippen molar-refractivity contribution in [1.82, 2.24) is 24.6 Å². The Bertz CT molecular complexity index is 968. The van der Waals surface area contributed by atoms with Crippen LogP contribution in [0.25, 0.3) is 16.9 Å². The highest BCUT2D eigenvalue weighted by Crippen LogP contribution is 2.50. The summed E-state index contributed by atoms with van der Waals surface area (Å²) in [6.07, 6.45) is 7.15. The second-order valence-corrected chi connectivity index (χ2v) is 5.68. The Labute approximate surface area is 125 Å². The van der Waals surface area contributed by atoms with Crippen molar-refractivity contribution in [1.29, 1.82) is 0 Å². The fourth-order valence-electron chi connectivity index (χ4n) is 3.03. The van der Waals surface area contributed by atoms with Gasteiger partial charge in [-0.2, -0.15) is 5.10 Å². The van der Waals surface area contributed by atoms with Gasteiger partial charge < -0.3 is 4.98 Å². The highest BCUT2D eigenvalue weighted by molar-refractivity contribution is 5.62. The zero-order chi connectivity index (χ0) is 15.3. The molecule has 0 radical (unpaired) electrons. The molecule has 4 rings (SSSR count).